The first-order valence-electron chi connectivity index (χ1n) is 4.77. The van der Waals surface area contributed by atoms with Crippen molar-refractivity contribution in [1.29, 1.82) is 0 Å². The van der Waals surface area contributed by atoms with Gasteiger partial charge in [-0.05, 0) is 12.5 Å². The van der Waals surface area contributed by atoms with Gasteiger partial charge in [-0.2, -0.15) is 0 Å². The molecule has 0 amide bonds. The highest BCUT2D eigenvalue weighted by atomic mass is 32.2. The van der Waals surface area contributed by atoms with Gasteiger partial charge < -0.3 is 0 Å². The van der Waals surface area contributed by atoms with Gasteiger partial charge in [0.1, 0.15) is 16.2 Å². The largest absolute Gasteiger partial charge is 0.250 e. The van der Waals surface area contributed by atoms with Crippen molar-refractivity contribution in [3.05, 3.63) is 17.3 Å². The average molecular weight is 242 g/mol. The van der Waals surface area contributed by atoms with Crippen LogP contribution in [0.3, 0.4) is 0 Å². The number of hydrogen-bond acceptors (Lipinski definition) is 4. The number of aryl methyl sites for hydroxylation is 1. The monoisotopic (exact) mass is 242 g/mol. The van der Waals surface area contributed by atoms with Crippen molar-refractivity contribution in [1.82, 2.24) is 9.97 Å². The van der Waals surface area contributed by atoms with Gasteiger partial charge in [0.05, 0.1) is 6.67 Å². The summed E-state index contributed by atoms with van der Waals surface area (Å²) in [7, 11) is 0. The number of aromatic nitrogens is 2. The van der Waals surface area contributed by atoms with Crippen molar-refractivity contribution in [2.24, 2.45) is 0 Å². The Morgan fingerprint density at radius 1 is 1.47 bits per heavy atom. The molecule has 0 aliphatic carbocycles. The second-order valence-electron chi connectivity index (χ2n) is 3.00. The summed E-state index contributed by atoms with van der Waals surface area (Å²) >= 11 is 3.14. The Morgan fingerprint density at radius 2 is 2.33 bits per heavy atom. The van der Waals surface area contributed by atoms with E-state index in [9.17, 15) is 4.39 Å². The van der Waals surface area contributed by atoms with Crippen molar-refractivity contribution in [3.63, 3.8) is 0 Å². The Morgan fingerprint density at radius 3 is 3.07 bits per heavy atom. The summed E-state index contributed by atoms with van der Waals surface area (Å²) in [5, 5.41) is 1.96. The van der Waals surface area contributed by atoms with Gasteiger partial charge in [0.2, 0.25) is 0 Å². The second-order valence-corrected chi connectivity index (χ2v) is 5.20. The summed E-state index contributed by atoms with van der Waals surface area (Å²) in [6.45, 7) is 1.80. The highest BCUT2D eigenvalue weighted by molar-refractivity contribution is 7.99. The van der Waals surface area contributed by atoms with E-state index in [1.165, 1.54) is 16.6 Å². The fourth-order valence-electron chi connectivity index (χ4n) is 1.31. The molecule has 15 heavy (non-hydrogen) atoms. The molecule has 0 aliphatic rings. The minimum absolute atomic E-state index is 0.319. The molecule has 0 bridgehead atoms. The molecule has 0 unspecified atom stereocenters. The van der Waals surface area contributed by atoms with Gasteiger partial charge in [0.25, 0.3) is 0 Å². The number of nitrogens with zero attached hydrogens (tertiary/aromatic N) is 2. The molecule has 2 heterocycles. The minimum Gasteiger partial charge on any atom is -0.250 e. The molecular weight excluding hydrogens is 231 g/mol. The van der Waals surface area contributed by atoms with Crippen LogP contribution in [0.5, 0.6) is 0 Å². The van der Waals surface area contributed by atoms with Gasteiger partial charge in [-0.25, -0.2) is 9.97 Å². The first-order chi connectivity index (χ1) is 7.35. The van der Waals surface area contributed by atoms with E-state index in [1.54, 1.807) is 17.7 Å². The zero-order chi connectivity index (χ0) is 10.7. The highest BCUT2D eigenvalue weighted by Crippen LogP contribution is 2.30. The van der Waals surface area contributed by atoms with Gasteiger partial charge in [0.15, 0.2) is 0 Å². The zero-order valence-corrected chi connectivity index (χ0v) is 10.00. The van der Waals surface area contributed by atoms with Crippen molar-refractivity contribution in [2.75, 3.05) is 12.4 Å². The molecular formula is C10H11FN2S2. The van der Waals surface area contributed by atoms with Crippen LogP contribution in [0.25, 0.3) is 10.2 Å². The molecule has 80 valence electrons. The number of hydrogen-bond donors (Lipinski definition) is 0. The molecule has 0 aliphatic heterocycles. The number of halogens is 1. The van der Waals surface area contributed by atoms with Crippen molar-refractivity contribution >= 4 is 33.3 Å². The predicted molar refractivity (Wildman–Crippen MR) is 63.5 cm³/mol. The van der Waals surface area contributed by atoms with Crippen LogP contribution in [0.15, 0.2) is 17.4 Å². The Labute approximate surface area is 95.9 Å². The Balaban J connectivity index is 2.40. The van der Waals surface area contributed by atoms with Crippen LogP contribution in [0.4, 0.5) is 4.39 Å². The van der Waals surface area contributed by atoms with Gasteiger partial charge in [-0.3, -0.25) is 4.39 Å². The van der Waals surface area contributed by atoms with E-state index in [0.29, 0.717) is 5.75 Å². The molecule has 0 radical (unpaired) electrons. The Bertz CT molecular complexity index is 456. The van der Waals surface area contributed by atoms with Crippen LogP contribution < -0.4 is 0 Å². The summed E-state index contributed by atoms with van der Waals surface area (Å²) in [5.74, 6) is 0.462. The van der Waals surface area contributed by atoms with Crippen molar-refractivity contribution in [3.8, 4) is 0 Å². The summed E-state index contributed by atoms with van der Waals surface area (Å²) < 4.78 is 12.1. The van der Waals surface area contributed by atoms with E-state index < -0.39 is 0 Å². The number of thiophene rings is 1. The average Bonchev–Trinajstić information content (AvgIpc) is 2.69. The SMILES string of the molecule is CCc1cc2c(SCCF)ncnc2s1. The van der Waals surface area contributed by atoms with Gasteiger partial charge in [-0.15, -0.1) is 23.1 Å². The van der Waals surface area contributed by atoms with Crippen LogP contribution in [0.1, 0.15) is 11.8 Å². The maximum Gasteiger partial charge on any atom is 0.128 e. The van der Waals surface area contributed by atoms with E-state index >= 15 is 0 Å². The standard InChI is InChI=1S/C10H11FN2S2/c1-2-7-5-8-9(14-4-3-11)12-6-13-10(8)15-7/h5-6H,2-4H2,1H3. The van der Waals surface area contributed by atoms with Crippen LogP contribution in [-0.4, -0.2) is 22.4 Å². The van der Waals surface area contributed by atoms with Crippen LogP contribution >= 0.6 is 23.1 Å². The lowest BCUT2D eigenvalue weighted by molar-refractivity contribution is 0.532. The molecule has 0 N–H and O–H groups in total. The molecule has 5 heteroatoms. The van der Waals surface area contributed by atoms with Crippen LogP contribution in [0, 0.1) is 0 Å². The molecule has 0 saturated heterocycles. The van der Waals surface area contributed by atoms with E-state index in [0.717, 1.165) is 21.7 Å². The fraction of sp³-hybridized carbons (Fsp3) is 0.400. The maximum atomic E-state index is 12.1. The van der Waals surface area contributed by atoms with E-state index in [4.69, 9.17) is 0 Å². The molecule has 0 saturated carbocycles. The first-order valence-corrected chi connectivity index (χ1v) is 6.57. The summed E-state index contributed by atoms with van der Waals surface area (Å²) in [4.78, 5) is 10.7. The third-order valence-electron chi connectivity index (χ3n) is 2.01. The molecule has 0 aromatic carbocycles. The lowest BCUT2D eigenvalue weighted by Crippen LogP contribution is -1.86. The number of rotatable bonds is 4. The third kappa shape index (κ3) is 2.29. The normalized spacial score (nSPS) is 11.1. The molecule has 0 spiro atoms. The highest BCUT2D eigenvalue weighted by Gasteiger charge is 2.07. The lowest BCUT2D eigenvalue weighted by Gasteiger charge is -1.97. The lowest BCUT2D eigenvalue weighted by atomic mass is 10.3. The topological polar surface area (TPSA) is 25.8 Å². The quantitative estimate of drug-likeness (QED) is 0.607. The van der Waals surface area contributed by atoms with Gasteiger partial charge in [-0.1, -0.05) is 6.92 Å². The molecule has 2 aromatic rings. The predicted octanol–water partition coefficient (Wildman–Crippen LogP) is 3.32. The number of alkyl halides is 1. The van der Waals surface area contributed by atoms with Crippen LogP contribution in [-0.2, 0) is 6.42 Å². The molecule has 2 rings (SSSR count). The Kier molecular flexibility index (Phi) is 3.53. The minimum atomic E-state index is -0.319. The number of fused-ring (bicyclic) bond motifs is 1. The first kappa shape index (κ1) is 10.8. The van der Waals surface area contributed by atoms with E-state index in [1.807, 2.05) is 0 Å². The molecule has 2 nitrogen and oxygen atoms in total. The van der Waals surface area contributed by atoms with Crippen LogP contribution in [0.2, 0.25) is 0 Å². The van der Waals surface area contributed by atoms with Gasteiger partial charge in [0, 0.05) is 16.0 Å². The second kappa shape index (κ2) is 4.90. The molecule has 2 aromatic heterocycles. The number of thioether (sulfide) groups is 1. The molecule has 0 fully saturated rings. The summed E-state index contributed by atoms with van der Waals surface area (Å²) in [6, 6.07) is 2.11. The van der Waals surface area contributed by atoms with E-state index in [2.05, 4.69) is 23.0 Å². The Hall–Kier alpha value is -0.680. The van der Waals surface area contributed by atoms with Crippen molar-refractivity contribution < 1.29 is 4.39 Å². The van der Waals surface area contributed by atoms with Gasteiger partial charge >= 0.3 is 0 Å². The summed E-state index contributed by atoms with van der Waals surface area (Å²) in [6.07, 6.45) is 2.56. The van der Waals surface area contributed by atoms with E-state index in [-0.39, 0.29) is 6.67 Å². The van der Waals surface area contributed by atoms with Crippen molar-refractivity contribution in [2.45, 2.75) is 18.4 Å². The maximum absolute atomic E-state index is 12.1. The molecule has 0 atom stereocenters. The zero-order valence-electron chi connectivity index (χ0n) is 8.36. The summed E-state index contributed by atoms with van der Waals surface area (Å²) in [5.41, 5.74) is 0. The third-order valence-corrected chi connectivity index (χ3v) is 4.15. The fourth-order valence-corrected chi connectivity index (χ4v) is 3.01. The smallest absolute Gasteiger partial charge is 0.128 e.